The van der Waals surface area contributed by atoms with Crippen molar-refractivity contribution in [3.05, 3.63) is 94.5 Å². The van der Waals surface area contributed by atoms with Crippen LogP contribution in [-0.4, -0.2) is 26.7 Å². The first-order valence-corrected chi connectivity index (χ1v) is 11.4. The van der Waals surface area contributed by atoms with E-state index in [1.165, 1.54) is 12.1 Å². The quantitative estimate of drug-likeness (QED) is 0.470. The van der Waals surface area contributed by atoms with Crippen LogP contribution in [0.15, 0.2) is 88.2 Å². The predicted molar refractivity (Wildman–Crippen MR) is 119 cm³/mol. The Hall–Kier alpha value is -2.81. The molecule has 0 aliphatic rings. The van der Waals surface area contributed by atoms with Gasteiger partial charge in [0.25, 0.3) is 0 Å². The van der Waals surface area contributed by atoms with Gasteiger partial charge in [-0.05, 0) is 30.3 Å². The highest BCUT2D eigenvalue weighted by Crippen LogP contribution is 2.24. The number of rotatable bonds is 8. The lowest BCUT2D eigenvalue weighted by atomic mass is 10.0. The zero-order valence-corrected chi connectivity index (χ0v) is 18.2. The molecule has 0 aliphatic heterocycles. The normalized spacial score (nSPS) is 11.1. The minimum Gasteiger partial charge on any atom is -0.325 e. The van der Waals surface area contributed by atoms with E-state index >= 15 is 0 Å². The molecule has 154 valence electrons. The van der Waals surface area contributed by atoms with Crippen LogP contribution in [0.5, 0.6) is 0 Å². The zero-order chi connectivity index (χ0) is 21.6. The van der Waals surface area contributed by atoms with Gasteiger partial charge in [-0.3, -0.25) is 9.59 Å². The summed E-state index contributed by atoms with van der Waals surface area (Å²) in [5.74, 6) is -0.632. The lowest BCUT2D eigenvalue weighted by molar-refractivity contribution is -0.116. The number of nitrogens with one attached hydrogen (secondary N) is 2. The van der Waals surface area contributed by atoms with Gasteiger partial charge >= 0.3 is 0 Å². The molecule has 30 heavy (non-hydrogen) atoms. The predicted octanol–water partition coefficient (Wildman–Crippen LogP) is 3.99. The maximum Gasteiger partial charge on any atom is 0.240 e. The Bertz CT molecular complexity index is 1150. The lowest BCUT2D eigenvalue weighted by Gasteiger charge is -2.12. The van der Waals surface area contributed by atoms with Crippen LogP contribution in [-0.2, 0) is 14.8 Å². The molecule has 0 spiro atoms. The molecule has 8 heteroatoms. The molecule has 3 aromatic rings. The van der Waals surface area contributed by atoms with E-state index in [0.29, 0.717) is 21.3 Å². The lowest BCUT2D eigenvalue weighted by Crippen LogP contribution is -2.28. The first kappa shape index (κ1) is 21.9. The third kappa shape index (κ3) is 5.63. The SMILES string of the molecule is O=C(CCNS(=O)(=O)c1ccccc1)Nc1ccc(Br)cc1C(=O)c1ccccc1. The average molecular weight is 487 g/mol. The van der Waals surface area contributed by atoms with Crippen molar-refractivity contribution in [1.29, 1.82) is 0 Å². The number of hydrogen-bond donors (Lipinski definition) is 2. The van der Waals surface area contributed by atoms with Crippen LogP contribution in [0.2, 0.25) is 0 Å². The van der Waals surface area contributed by atoms with Gasteiger partial charge in [0, 0.05) is 28.6 Å². The minimum absolute atomic E-state index is 0.0679. The molecular weight excluding hydrogens is 468 g/mol. The largest absolute Gasteiger partial charge is 0.325 e. The number of anilines is 1. The van der Waals surface area contributed by atoms with Gasteiger partial charge in [0.1, 0.15) is 0 Å². The molecule has 0 radical (unpaired) electrons. The second-order valence-electron chi connectivity index (χ2n) is 6.39. The summed E-state index contributed by atoms with van der Waals surface area (Å²) in [4.78, 5) is 25.3. The molecule has 3 rings (SSSR count). The summed E-state index contributed by atoms with van der Waals surface area (Å²) in [5, 5.41) is 2.70. The Morgan fingerprint density at radius 2 is 1.50 bits per heavy atom. The third-order valence-corrected chi connectivity index (χ3v) is 6.20. The van der Waals surface area contributed by atoms with Gasteiger partial charge in [-0.1, -0.05) is 64.5 Å². The summed E-state index contributed by atoms with van der Waals surface area (Å²) in [5.41, 5.74) is 1.21. The monoisotopic (exact) mass is 486 g/mol. The highest BCUT2D eigenvalue weighted by molar-refractivity contribution is 9.10. The molecule has 3 aromatic carbocycles. The zero-order valence-electron chi connectivity index (χ0n) is 15.8. The maximum atomic E-state index is 12.8. The molecule has 6 nitrogen and oxygen atoms in total. The van der Waals surface area contributed by atoms with Gasteiger partial charge in [0.2, 0.25) is 15.9 Å². The van der Waals surface area contributed by atoms with Gasteiger partial charge in [-0.15, -0.1) is 0 Å². The first-order chi connectivity index (χ1) is 14.4. The molecule has 0 atom stereocenters. The molecule has 1 amide bonds. The van der Waals surface area contributed by atoms with E-state index in [-0.39, 0.29) is 23.6 Å². The van der Waals surface area contributed by atoms with Crippen LogP contribution in [0.4, 0.5) is 5.69 Å². The van der Waals surface area contributed by atoms with Crippen molar-refractivity contribution in [2.24, 2.45) is 0 Å². The van der Waals surface area contributed by atoms with Crippen LogP contribution >= 0.6 is 15.9 Å². The van der Waals surface area contributed by atoms with Crippen LogP contribution in [0, 0.1) is 0 Å². The summed E-state index contributed by atoms with van der Waals surface area (Å²) >= 11 is 3.35. The topological polar surface area (TPSA) is 92.3 Å². The third-order valence-electron chi connectivity index (χ3n) is 4.23. The van der Waals surface area contributed by atoms with Crippen molar-refractivity contribution in [2.45, 2.75) is 11.3 Å². The molecule has 0 heterocycles. The highest BCUT2D eigenvalue weighted by Gasteiger charge is 2.17. The molecule has 0 bridgehead atoms. The molecule has 0 saturated carbocycles. The van der Waals surface area contributed by atoms with Gasteiger partial charge in [-0.2, -0.15) is 0 Å². The van der Waals surface area contributed by atoms with E-state index in [4.69, 9.17) is 0 Å². The standard InChI is InChI=1S/C22H19BrN2O4S/c23-17-11-12-20(19(15-17)22(27)16-7-3-1-4-8-16)25-21(26)13-14-24-30(28,29)18-9-5-2-6-10-18/h1-12,15,24H,13-14H2,(H,25,26). The van der Waals surface area contributed by atoms with Gasteiger partial charge < -0.3 is 5.32 Å². The maximum absolute atomic E-state index is 12.8. The fourth-order valence-corrected chi connectivity index (χ4v) is 4.17. The van der Waals surface area contributed by atoms with Crippen LogP contribution in [0.3, 0.4) is 0 Å². The van der Waals surface area contributed by atoms with Gasteiger partial charge in [0.05, 0.1) is 10.6 Å². The summed E-state index contributed by atoms with van der Waals surface area (Å²) < 4.78 is 27.5. The van der Waals surface area contributed by atoms with E-state index in [9.17, 15) is 18.0 Å². The van der Waals surface area contributed by atoms with Crippen molar-refractivity contribution >= 4 is 43.3 Å². The van der Waals surface area contributed by atoms with E-state index in [2.05, 4.69) is 26.0 Å². The summed E-state index contributed by atoms with van der Waals surface area (Å²) in [7, 11) is -3.68. The number of carbonyl (C=O) groups is 2. The number of hydrogen-bond acceptors (Lipinski definition) is 4. The Kier molecular flexibility index (Phi) is 7.15. The fourth-order valence-electron chi connectivity index (χ4n) is 2.75. The van der Waals surface area contributed by atoms with E-state index in [0.717, 1.165) is 0 Å². The van der Waals surface area contributed by atoms with E-state index in [1.54, 1.807) is 60.7 Å². The average Bonchev–Trinajstić information content (AvgIpc) is 2.75. The number of benzene rings is 3. The number of halogens is 1. The van der Waals surface area contributed by atoms with Crippen molar-refractivity contribution < 1.29 is 18.0 Å². The Morgan fingerprint density at radius 3 is 2.17 bits per heavy atom. The van der Waals surface area contributed by atoms with Crippen molar-refractivity contribution in [1.82, 2.24) is 4.72 Å². The van der Waals surface area contributed by atoms with Crippen LogP contribution < -0.4 is 10.0 Å². The number of ketones is 1. The van der Waals surface area contributed by atoms with Crippen LogP contribution in [0.1, 0.15) is 22.3 Å². The summed E-state index contributed by atoms with van der Waals surface area (Å²) in [6.45, 7) is -0.0679. The molecule has 0 unspecified atom stereocenters. The van der Waals surface area contributed by atoms with Crippen LogP contribution in [0.25, 0.3) is 0 Å². The highest BCUT2D eigenvalue weighted by atomic mass is 79.9. The van der Waals surface area contributed by atoms with Crippen molar-refractivity contribution in [3.63, 3.8) is 0 Å². The van der Waals surface area contributed by atoms with Crippen molar-refractivity contribution in [2.75, 3.05) is 11.9 Å². The number of carbonyl (C=O) groups excluding carboxylic acids is 2. The minimum atomic E-state index is -3.68. The summed E-state index contributed by atoms with van der Waals surface area (Å²) in [6, 6.07) is 21.7. The van der Waals surface area contributed by atoms with Gasteiger partial charge in [-0.25, -0.2) is 13.1 Å². The Balaban J connectivity index is 1.66. The molecular formula is C22H19BrN2O4S. The molecule has 0 aliphatic carbocycles. The fraction of sp³-hybridized carbons (Fsp3) is 0.0909. The van der Waals surface area contributed by atoms with Gasteiger partial charge in [0.15, 0.2) is 5.78 Å². The first-order valence-electron chi connectivity index (χ1n) is 9.11. The summed E-state index contributed by atoms with van der Waals surface area (Å²) in [6.07, 6.45) is -0.0822. The molecule has 0 saturated heterocycles. The number of amides is 1. The number of sulfonamides is 1. The molecule has 2 N–H and O–H groups in total. The van der Waals surface area contributed by atoms with Crippen molar-refractivity contribution in [3.8, 4) is 0 Å². The molecule has 0 aromatic heterocycles. The Labute approximate surface area is 183 Å². The smallest absolute Gasteiger partial charge is 0.240 e. The van der Waals surface area contributed by atoms with E-state index in [1.807, 2.05) is 6.07 Å². The Morgan fingerprint density at radius 1 is 0.867 bits per heavy atom. The second-order valence-corrected chi connectivity index (χ2v) is 9.08. The van der Waals surface area contributed by atoms with E-state index < -0.39 is 15.9 Å². The second kappa shape index (κ2) is 9.80. The molecule has 0 fully saturated rings.